The van der Waals surface area contributed by atoms with Crippen molar-refractivity contribution in [1.82, 2.24) is 0 Å². The molecule has 0 aliphatic carbocycles. The van der Waals surface area contributed by atoms with Gasteiger partial charge in [0.05, 0.1) is 43.9 Å². The smallest absolute Gasteiger partial charge is 0.315 e. The lowest BCUT2D eigenvalue weighted by molar-refractivity contribution is -0.139. The number of anilines is 1. The van der Waals surface area contributed by atoms with Gasteiger partial charge in [-0.1, -0.05) is 46.4 Å². The molecule has 116 valence electrons. The number of thioether (sulfide) groups is 1. The Hall–Kier alpha value is -0.330. The number of halogens is 4. The van der Waals surface area contributed by atoms with Crippen LogP contribution in [0.1, 0.15) is 6.92 Å². The second kappa shape index (κ2) is 8.96. The van der Waals surface area contributed by atoms with Crippen LogP contribution < -0.4 is 5.32 Å². The largest absolute Gasteiger partial charge is 0.465 e. The van der Waals surface area contributed by atoms with Gasteiger partial charge in [0.25, 0.3) is 0 Å². The lowest BCUT2D eigenvalue weighted by Crippen LogP contribution is -2.17. The Morgan fingerprint density at radius 1 is 1.14 bits per heavy atom. The number of hydrogen-bond donors (Lipinski definition) is 1. The van der Waals surface area contributed by atoms with Crippen LogP contribution in [0, 0.1) is 0 Å². The molecule has 0 bridgehead atoms. The summed E-state index contributed by atoms with van der Waals surface area (Å²) in [6.45, 7) is 2.01. The lowest BCUT2D eigenvalue weighted by Gasteiger charge is -2.11. The molecule has 0 atom stereocenters. The van der Waals surface area contributed by atoms with Crippen LogP contribution in [-0.2, 0) is 14.3 Å². The molecule has 0 spiro atoms. The summed E-state index contributed by atoms with van der Waals surface area (Å²) >= 11 is 24.8. The van der Waals surface area contributed by atoms with Crippen molar-refractivity contribution in [2.24, 2.45) is 0 Å². The molecule has 0 unspecified atom stereocenters. The zero-order valence-corrected chi connectivity index (χ0v) is 14.7. The SMILES string of the molecule is CCOC(=O)CSCC(=O)Nc1c(Cl)c(Cl)cc(Cl)c1Cl. The van der Waals surface area contributed by atoms with Gasteiger partial charge in [0.2, 0.25) is 5.91 Å². The van der Waals surface area contributed by atoms with Gasteiger partial charge in [0.1, 0.15) is 0 Å². The number of carbonyl (C=O) groups excluding carboxylic acids is 2. The van der Waals surface area contributed by atoms with Crippen LogP contribution in [0.3, 0.4) is 0 Å². The zero-order valence-electron chi connectivity index (χ0n) is 10.8. The second-order valence-corrected chi connectivity index (χ2v) is 6.25. The highest BCUT2D eigenvalue weighted by molar-refractivity contribution is 8.00. The van der Waals surface area contributed by atoms with Gasteiger partial charge in [-0.05, 0) is 13.0 Å². The van der Waals surface area contributed by atoms with Gasteiger partial charge in [-0.25, -0.2) is 0 Å². The lowest BCUT2D eigenvalue weighted by atomic mass is 10.3. The second-order valence-electron chi connectivity index (χ2n) is 3.69. The Labute approximate surface area is 146 Å². The van der Waals surface area contributed by atoms with Crippen LogP contribution in [0.2, 0.25) is 20.1 Å². The van der Waals surface area contributed by atoms with Gasteiger partial charge in [-0.2, -0.15) is 0 Å². The minimum atomic E-state index is -0.383. The third-order valence-corrected chi connectivity index (χ3v) is 4.62. The quantitative estimate of drug-likeness (QED) is 0.572. The van der Waals surface area contributed by atoms with Crippen molar-refractivity contribution in [2.75, 3.05) is 23.4 Å². The first-order valence-electron chi connectivity index (χ1n) is 5.73. The van der Waals surface area contributed by atoms with E-state index in [1.54, 1.807) is 6.92 Å². The average Bonchev–Trinajstić information content (AvgIpc) is 2.42. The number of nitrogens with one attached hydrogen (secondary N) is 1. The molecule has 0 aliphatic rings. The maximum atomic E-state index is 11.8. The first-order valence-corrected chi connectivity index (χ1v) is 8.39. The van der Waals surface area contributed by atoms with Crippen molar-refractivity contribution < 1.29 is 14.3 Å². The van der Waals surface area contributed by atoms with Crippen molar-refractivity contribution in [1.29, 1.82) is 0 Å². The van der Waals surface area contributed by atoms with Gasteiger partial charge in [0.15, 0.2) is 0 Å². The molecule has 21 heavy (non-hydrogen) atoms. The van der Waals surface area contributed by atoms with Crippen LogP contribution >= 0.6 is 58.2 Å². The fourth-order valence-electron chi connectivity index (χ4n) is 1.29. The summed E-state index contributed by atoms with van der Waals surface area (Å²) in [5, 5.41) is 3.10. The summed E-state index contributed by atoms with van der Waals surface area (Å²) in [6, 6.07) is 1.39. The van der Waals surface area contributed by atoms with Crippen molar-refractivity contribution >= 4 is 75.7 Å². The fourth-order valence-corrected chi connectivity index (χ4v) is 2.80. The Bertz CT molecular complexity index is 528. The molecule has 0 saturated heterocycles. The maximum Gasteiger partial charge on any atom is 0.315 e. The van der Waals surface area contributed by atoms with Crippen molar-refractivity contribution in [3.8, 4) is 0 Å². The van der Waals surface area contributed by atoms with Gasteiger partial charge >= 0.3 is 5.97 Å². The number of benzene rings is 1. The first kappa shape index (κ1) is 18.7. The van der Waals surface area contributed by atoms with Crippen molar-refractivity contribution in [2.45, 2.75) is 6.92 Å². The van der Waals surface area contributed by atoms with Crippen LogP contribution in [0.4, 0.5) is 5.69 Å². The Kier molecular flexibility index (Phi) is 7.98. The number of esters is 1. The summed E-state index contributed by atoms with van der Waals surface area (Å²) in [5.41, 5.74) is 0.151. The molecule has 1 amide bonds. The van der Waals surface area contributed by atoms with E-state index in [0.29, 0.717) is 6.61 Å². The van der Waals surface area contributed by atoms with Crippen LogP contribution in [0.15, 0.2) is 6.07 Å². The van der Waals surface area contributed by atoms with E-state index in [4.69, 9.17) is 51.1 Å². The van der Waals surface area contributed by atoms with Gasteiger partial charge in [-0.3, -0.25) is 9.59 Å². The molecule has 1 aromatic carbocycles. The van der Waals surface area contributed by atoms with Crippen molar-refractivity contribution in [3.05, 3.63) is 26.2 Å². The zero-order chi connectivity index (χ0) is 16.0. The Morgan fingerprint density at radius 2 is 1.71 bits per heavy atom. The summed E-state index contributed by atoms with van der Waals surface area (Å²) < 4.78 is 4.74. The van der Waals surface area contributed by atoms with E-state index in [2.05, 4.69) is 5.32 Å². The summed E-state index contributed by atoms with van der Waals surface area (Å²) in [4.78, 5) is 22.9. The summed E-state index contributed by atoms with van der Waals surface area (Å²) in [5.74, 6) is -0.641. The molecule has 1 rings (SSSR count). The number of amides is 1. The predicted molar refractivity (Wildman–Crippen MR) is 89.1 cm³/mol. The molecular formula is C12H11Cl4NO3S. The van der Waals surface area contributed by atoms with E-state index >= 15 is 0 Å². The third kappa shape index (κ3) is 5.75. The molecule has 9 heteroatoms. The summed E-state index contributed by atoms with van der Waals surface area (Å²) in [6.07, 6.45) is 0. The van der Waals surface area contributed by atoms with E-state index in [1.165, 1.54) is 6.07 Å². The van der Waals surface area contributed by atoms with Gasteiger partial charge in [-0.15, -0.1) is 11.8 Å². The Morgan fingerprint density at radius 3 is 2.24 bits per heavy atom. The number of rotatable bonds is 6. The average molecular weight is 391 g/mol. The van der Waals surface area contributed by atoms with E-state index in [0.717, 1.165) is 11.8 Å². The molecular weight excluding hydrogens is 380 g/mol. The topological polar surface area (TPSA) is 55.4 Å². The number of ether oxygens (including phenoxy) is 1. The summed E-state index contributed by atoms with van der Waals surface area (Å²) in [7, 11) is 0. The molecule has 0 aromatic heterocycles. The van der Waals surface area contributed by atoms with E-state index in [-0.39, 0.29) is 49.2 Å². The highest BCUT2D eigenvalue weighted by atomic mass is 35.5. The molecule has 0 heterocycles. The van der Waals surface area contributed by atoms with Crippen LogP contribution in [0.25, 0.3) is 0 Å². The molecule has 0 fully saturated rings. The minimum absolute atomic E-state index is 0.0373. The van der Waals surface area contributed by atoms with Gasteiger partial charge in [0, 0.05) is 0 Å². The monoisotopic (exact) mass is 389 g/mol. The van der Waals surface area contributed by atoms with Crippen LogP contribution in [0.5, 0.6) is 0 Å². The minimum Gasteiger partial charge on any atom is -0.465 e. The number of hydrogen-bond acceptors (Lipinski definition) is 4. The van der Waals surface area contributed by atoms with Gasteiger partial charge < -0.3 is 10.1 Å². The normalized spacial score (nSPS) is 10.3. The highest BCUT2D eigenvalue weighted by Crippen LogP contribution is 2.41. The third-order valence-electron chi connectivity index (χ3n) is 2.13. The standard InChI is InChI=1S/C12H11Cl4NO3S/c1-2-20-9(19)5-21-4-8(18)17-12-10(15)6(13)3-7(14)11(12)16/h3H,2,4-5H2,1H3,(H,17,18). The molecule has 0 saturated carbocycles. The van der Waals surface area contributed by atoms with E-state index < -0.39 is 0 Å². The highest BCUT2D eigenvalue weighted by Gasteiger charge is 2.16. The molecule has 0 radical (unpaired) electrons. The predicted octanol–water partition coefficient (Wildman–Crippen LogP) is 4.54. The van der Waals surface area contributed by atoms with Crippen molar-refractivity contribution in [3.63, 3.8) is 0 Å². The first-order chi connectivity index (χ1) is 9.86. The molecule has 4 nitrogen and oxygen atoms in total. The van der Waals surface area contributed by atoms with E-state index in [1.807, 2.05) is 0 Å². The molecule has 1 aromatic rings. The van der Waals surface area contributed by atoms with Crippen LogP contribution in [-0.4, -0.2) is 30.0 Å². The number of carbonyl (C=O) groups is 2. The Balaban J connectivity index is 2.62. The van der Waals surface area contributed by atoms with E-state index in [9.17, 15) is 9.59 Å². The molecule has 0 aliphatic heterocycles. The molecule has 1 N–H and O–H groups in total. The fraction of sp³-hybridized carbons (Fsp3) is 0.333. The maximum absolute atomic E-state index is 11.8.